The first-order chi connectivity index (χ1) is 7.79. The molecule has 1 aromatic rings. The Morgan fingerprint density at radius 2 is 2.12 bits per heavy atom. The molecule has 0 aliphatic rings. The molecule has 0 saturated carbocycles. The van der Waals surface area contributed by atoms with E-state index in [9.17, 15) is 4.79 Å². The standard InChI is InChI=1S/C10H19N5OS/c1-7(2)15-9(12-13-14-15)17-6-8(16)11-10(3,4)5/h7H,6H2,1-5H3,(H,11,16). The summed E-state index contributed by atoms with van der Waals surface area (Å²) in [6.07, 6.45) is 0. The second-order valence-electron chi connectivity index (χ2n) is 5.09. The van der Waals surface area contributed by atoms with Crippen molar-refractivity contribution >= 4 is 17.7 Å². The molecule has 96 valence electrons. The lowest BCUT2D eigenvalue weighted by Gasteiger charge is -2.20. The molecule has 17 heavy (non-hydrogen) atoms. The van der Waals surface area contributed by atoms with Gasteiger partial charge < -0.3 is 5.32 Å². The van der Waals surface area contributed by atoms with Crippen molar-refractivity contribution in [3.8, 4) is 0 Å². The minimum absolute atomic E-state index is 0.0131. The second-order valence-corrected chi connectivity index (χ2v) is 6.03. The van der Waals surface area contributed by atoms with Crippen LogP contribution in [0.25, 0.3) is 0 Å². The predicted molar refractivity (Wildman–Crippen MR) is 66.8 cm³/mol. The summed E-state index contributed by atoms with van der Waals surface area (Å²) in [6, 6.07) is 0.193. The van der Waals surface area contributed by atoms with E-state index in [-0.39, 0.29) is 17.5 Å². The molecule has 0 aliphatic carbocycles. The summed E-state index contributed by atoms with van der Waals surface area (Å²) in [6.45, 7) is 9.85. The maximum atomic E-state index is 11.6. The molecule has 0 aliphatic heterocycles. The molecule has 0 fully saturated rings. The van der Waals surface area contributed by atoms with E-state index in [4.69, 9.17) is 0 Å². The number of rotatable bonds is 4. The third kappa shape index (κ3) is 4.72. The van der Waals surface area contributed by atoms with Gasteiger partial charge in [0.25, 0.3) is 0 Å². The highest BCUT2D eigenvalue weighted by molar-refractivity contribution is 7.99. The van der Waals surface area contributed by atoms with Gasteiger partial charge in [0.05, 0.1) is 11.8 Å². The Kier molecular flexibility index (Phi) is 4.50. The highest BCUT2D eigenvalue weighted by Crippen LogP contribution is 2.17. The smallest absolute Gasteiger partial charge is 0.230 e. The number of thioether (sulfide) groups is 1. The molecule has 1 aromatic heterocycles. The number of nitrogens with one attached hydrogen (secondary N) is 1. The third-order valence-electron chi connectivity index (χ3n) is 1.80. The van der Waals surface area contributed by atoms with Crippen molar-refractivity contribution in [3.05, 3.63) is 0 Å². The molecule has 6 nitrogen and oxygen atoms in total. The largest absolute Gasteiger partial charge is 0.351 e. The van der Waals surface area contributed by atoms with Crippen molar-refractivity contribution in [2.45, 2.75) is 51.4 Å². The molecule has 0 spiro atoms. The maximum Gasteiger partial charge on any atom is 0.230 e. The van der Waals surface area contributed by atoms with E-state index in [1.165, 1.54) is 11.8 Å². The molecule has 1 N–H and O–H groups in total. The van der Waals surface area contributed by atoms with Gasteiger partial charge in [-0.1, -0.05) is 11.8 Å². The molecule has 0 saturated heterocycles. The fourth-order valence-electron chi connectivity index (χ4n) is 1.19. The van der Waals surface area contributed by atoms with Gasteiger partial charge in [-0.05, 0) is 45.0 Å². The van der Waals surface area contributed by atoms with Gasteiger partial charge in [-0.2, -0.15) is 0 Å². The number of tetrazole rings is 1. The molecular formula is C10H19N5OS. The summed E-state index contributed by atoms with van der Waals surface area (Å²) in [4.78, 5) is 11.6. The van der Waals surface area contributed by atoms with Gasteiger partial charge in [0, 0.05) is 5.54 Å². The maximum absolute atomic E-state index is 11.6. The average Bonchev–Trinajstić information content (AvgIpc) is 2.59. The first-order valence-corrected chi connectivity index (χ1v) is 6.50. The van der Waals surface area contributed by atoms with Crippen LogP contribution in [0.5, 0.6) is 0 Å². The van der Waals surface area contributed by atoms with Crippen molar-refractivity contribution in [1.82, 2.24) is 25.5 Å². The van der Waals surface area contributed by atoms with Crippen LogP contribution in [0.1, 0.15) is 40.7 Å². The van der Waals surface area contributed by atoms with E-state index >= 15 is 0 Å². The summed E-state index contributed by atoms with van der Waals surface area (Å²) < 4.78 is 1.70. The zero-order valence-electron chi connectivity index (χ0n) is 10.9. The van der Waals surface area contributed by atoms with Gasteiger partial charge in [-0.15, -0.1) is 5.10 Å². The van der Waals surface area contributed by atoms with Crippen LogP contribution in [0.4, 0.5) is 0 Å². The number of aromatic nitrogens is 4. The highest BCUT2D eigenvalue weighted by atomic mass is 32.2. The summed E-state index contributed by atoms with van der Waals surface area (Å²) in [5.41, 5.74) is -0.207. The van der Waals surface area contributed by atoms with Crippen LogP contribution in [-0.2, 0) is 4.79 Å². The number of carbonyl (C=O) groups excluding carboxylic acids is 1. The molecule has 0 radical (unpaired) electrons. The van der Waals surface area contributed by atoms with E-state index in [1.54, 1.807) is 4.68 Å². The van der Waals surface area contributed by atoms with Gasteiger partial charge in [0.2, 0.25) is 11.1 Å². The highest BCUT2D eigenvalue weighted by Gasteiger charge is 2.16. The van der Waals surface area contributed by atoms with Gasteiger partial charge in [-0.3, -0.25) is 4.79 Å². The van der Waals surface area contributed by atoms with Crippen LogP contribution >= 0.6 is 11.8 Å². The minimum atomic E-state index is -0.207. The Morgan fingerprint density at radius 1 is 1.47 bits per heavy atom. The molecule has 1 amide bonds. The first kappa shape index (κ1) is 14.0. The topological polar surface area (TPSA) is 72.7 Å². The van der Waals surface area contributed by atoms with Crippen molar-refractivity contribution in [2.24, 2.45) is 0 Å². The molecular weight excluding hydrogens is 238 g/mol. The van der Waals surface area contributed by atoms with Crippen LogP contribution in [0.3, 0.4) is 0 Å². The van der Waals surface area contributed by atoms with Crippen LogP contribution in [0.2, 0.25) is 0 Å². The zero-order valence-corrected chi connectivity index (χ0v) is 11.7. The fraction of sp³-hybridized carbons (Fsp3) is 0.800. The van der Waals surface area contributed by atoms with Gasteiger partial charge >= 0.3 is 0 Å². The third-order valence-corrected chi connectivity index (χ3v) is 2.73. The lowest BCUT2D eigenvalue weighted by Crippen LogP contribution is -2.41. The number of hydrogen-bond donors (Lipinski definition) is 1. The van der Waals surface area contributed by atoms with Crippen molar-refractivity contribution in [3.63, 3.8) is 0 Å². The SMILES string of the molecule is CC(C)n1nnnc1SCC(=O)NC(C)(C)C. The summed E-state index contributed by atoms with van der Waals surface area (Å²) >= 11 is 1.35. The van der Waals surface area contributed by atoms with Crippen LogP contribution < -0.4 is 5.32 Å². The molecule has 0 bridgehead atoms. The van der Waals surface area contributed by atoms with E-state index in [2.05, 4.69) is 20.8 Å². The lowest BCUT2D eigenvalue weighted by atomic mass is 10.1. The first-order valence-electron chi connectivity index (χ1n) is 5.51. The molecule has 1 rings (SSSR count). The monoisotopic (exact) mass is 257 g/mol. The Morgan fingerprint density at radius 3 is 2.65 bits per heavy atom. The van der Waals surface area contributed by atoms with Crippen LogP contribution in [0, 0.1) is 0 Å². The summed E-state index contributed by atoms with van der Waals surface area (Å²) in [7, 11) is 0. The fourth-order valence-corrected chi connectivity index (χ4v) is 2.00. The molecule has 1 heterocycles. The number of nitrogens with zero attached hydrogens (tertiary/aromatic N) is 4. The van der Waals surface area contributed by atoms with E-state index < -0.39 is 0 Å². The van der Waals surface area contributed by atoms with E-state index in [0.717, 1.165) is 0 Å². The molecule has 0 unspecified atom stereocenters. The van der Waals surface area contributed by atoms with Gasteiger partial charge in [0.15, 0.2) is 0 Å². The Labute approximate surface area is 106 Å². The summed E-state index contributed by atoms with van der Waals surface area (Å²) in [5, 5.41) is 14.9. The van der Waals surface area contributed by atoms with Gasteiger partial charge in [0.1, 0.15) is 0 Å². The Balaban J connectivity index is 2.50. The quantitative estimate of drug-likeness (QED) is 0.822. The van der Waals surface area contributed by atoms with Crippen molar-refractivity contribution < 1.29 is 4.79 Å². The predicted octanol–water partition coefficient (Wildman–Crippen LogP) is 1.26. The van der Waals surface area contributed by atoms with Crippen LogP contribution in [-0.4, -0.2) is 37.4 Å². The molecule has 0 atom stereocenters. The van der Waals surface area contributed by atoms with E-state index in [0.29, 0.717) is 10.9 Å². The number of amides is 1. The number of carbonyl (C=O) groups is 1. The molecule has 0 aromatic carbocycles. The van der Waals surface area contributed by atoms with E-state index in [1.807, 2.05) is 34.6 Å². The summed E-state index contributed by atoms with van der Waals surface area (Å²) in [5.74, 6) is 0.311. The normalized spacial score (nSPS) is 11.9. The minimum Gasteiger partial charge on any atom is -0.351 e. The van der Waals surface area contributed by atoms with Crippen molar-refractivity contribution in [1.29, 1.82) is 0 Å². The van der Waals surface area contributed by atoms with Crippen molar-refractivity contribution in [2.75, 3.05) is 5.75 Å². The Hall–Kier alpha value is -1.11. The number of hydrogen-bond acceptors (Lipinski definition) is 5. The second kappa shape index (κ2) is 5.48. The lowest BCUT2D eigenvalue weighted by molar-refractivity contribution is -0.119. The van der Waals surface area contributed by atoms with Crippen LogP contribution in [0.15, 0.2) is 5.16 Å². The molecule has 7 heteroatoms. The van der Waals surface area contributed by atoms with Gasteiger partial charge in [-0.25, -0.2) is 4.68 Å². The zero-order chi connectivity index (χ0) is 13.1. The Bertz CT molecular complexity index is 382. The average molecular weight is 257 g/mol.